The molecular formula is C16H15BrN2O2S. The van der Waals surface area contributed by atoms with E-state index in [2.05, 4.69) is 21.2 Å². The number of benzene rings is 2. The molecule has 2 aromatic carbocycles. The quantitative estimate of drug-likeness (QED) is 0.780. The van der Waals surface area contributed by atoms with Gasteiger partial charge in [-0.2, -0.15) is 0 Å². The second-order valence-electron chi connectivity index (χ2n) is 4.63. The maximum Gasteiger partial charge on any atom is 0.249 e. The molecule has 0 aliphatic heterocycles. The van der Waals surface area contributed by atoms with Crippen molar-refractivity contribution in [2.24, 2.45) is 5.73 Å². The number of anilines is 1. The largest absolute Gasteiger partial charge is 0.366 e. The van der Waals surface area contributed by atoms with Gasteiger partial charge in [-0.3, -0.25) is 9.59 Å². The number of hydrogen-bond acceptors (Lipinski definition) is 3. The minimum absolute atomic E-state index is 0.127. The molecule has 0 saturated carbocycles. The lowest BCUT2D eigenvalue weighted by molar-refractivity contribution is -0.113. The van der Waals surface area contributed by atoms with E-state index in [-0.39, 0.29) is 5.91 Å². The average Bonchev–Trinajstić information content (AvgIpc) is 2.48. The Bertz CT molecular complexity index is 702. The van der Waals surface area contributed by atoms with Gasteiger partial charge in [0.2, 0.25) is 11.8 Å². The van der Waals surface area contributed by atoms with Crippen LogP contribution in [-0.4, -0.2) is 17.6 Å². The summed E-state index contributed by atoms with van der Waals surface area (Å²) in [6.45, 7) is 1.76. The fraction of sp³-hybridized carbons (Fsp3) is 0.125. The highest BCUT2D eigenvalue weighted by molar-refractivity contribution is 9.10. The molecule has 0 aliphatic rings. The number of halogens is 1. The number of thioether (sulfide) groups is 1. The van der Waals surface area contributed by atoms with Gasteiger partial charge >= 0.3 is 0 Å². The first-order valence-electron chi connectivity index (χ1n) is 6.55. The fourth-order valence-corrected chi connectivity index (χ4v) is 2.87. The maximum atomic E-state index is 12.0. The van der Waals surface area contributed by atoms with E-state index in [9.17, 15) is 9.59 Å². The normalized spacial score (nSPS) is 10.3. The lowest BCUT2D eigenvalue weighted by Gasteiger charge is -2.10. The molecule has 2 rings (SSSR count). The highest BCUT2D eigenvalue weighted by atomic mass is 79.9. The number of nitrogens with one attached hydrogen (secondary N) is 1. The third-order valence-electron chi connectivity index (χ3n) is 3.06. The highest BCUT2D eigenvalue weighted by Gasteiger charge is 2.11. The molecule has 0 heterocycles. The third-order valence-corrected chi connectivity index (χ3v) is 4.60. The van der Waals surface area contributed by atoms with Crippen LogP contribution in [0.4, 0.5) is 5.69 Å². The Morgan fingerprint density at radius 3 is 2.50 bits per heavy atom. The van der Waals surface area contributed by atoms with Crippen LogP contribution in [0.3, 0.4) is 0 Å². The predicted molar refractivity (Wildman–Crippen MR) is 93.2 cm³/mol. The van der Waals surface area contributed by atoms with Crippen LogP contribution in [0.1, 0.15) is 15.9 Å². The number of carbonyl (C=O) groups is 2. The number of rotatable bonds is 5. The Morgan fingerprint density at radius 2 is 1.86 bits per heavy atom. The molecule has 4 nitrogen and oxygen atoms in total. The van der Waals surface area contributed by atoms with Crippen LogP contribution in [0.5, 0.6) is 0 Å². The van der Waals surface area contributed by atoms with Crippen LogP contribution < -0.4 is 11.1 Å². The number of nitrogens with two attached hydrogens (primary N) is 1. The van der Waals surface area contributed by atoms with E-state index in [1.54, 1.807) is 25.1 Å². The smallest absolute Gasteiger partial charge is 0.249 e. The molecule has 0 spiro atoms. The standard InChI is InChI=1S/C16H15BrN2O2S/c1-10-13(16(18)21)3-2-4-14(10)19-15(20)9-22-12-7-5-11(17)6-8-12/h2-8H,9H2,1H3,(H2,18,21)(H,19,20). The summed E-state index contributed by atoms with van der Waals surface area (Å²) >= 11 is 4.82. The van der Waals surface area contributed by atoms with Crippen molar-refractivity contribution in [1.82, 2.24) is 0 Å². The van der Waals surface area contributed by atoms with Gasteiger partial charge in [0, 0.05) is 20.6 Å². The van der Waals surface area contributed by atoms with Crippen molar-refractivity contribution < 1.29 is 9.59 Å². The van der Waals surface area contributed by atoms with Gasteiger partial charge < -0.3 is 11.1 Å². The van der Waals surface area contributed by atoms with E-state index < -0.39 is 5.91 Å². The SMILES string of the molecule is Cc1c(NC(=O)CSc2ccc(Br)cc2)cccc1C(N)=O. The van der Waals surface area contributed by atoms with Crippen molar-refractivity contribution in [2.45, 2.75) is 11.8 Å². The molecule has 0 aliphatic carbocycles. The van der Waals surface area contributed by atoms with Crippen molar-refractivity contribution >= 4 is 45.2 Å². The summed E-state index contributed by atoms with van der Waals surface area (Å²) in [4.78, 5) is 24.3. The molecule has 2 aromatic rings. The van der Waals surface area contributed by atoms with Crippen molar-refractivity contribution in [1.29, 1.82) is 0 Å². The van der Waals surface area contributed by atoms with E-state index in [0.29, 0.717) is 22.6 Å². The molecule has 0 atom stereocenters. The Kier molecular flexibility index (Phi) is 5.63. The van der Waals surface area contributed by atoms with Crippen molar-refractivity contribution in [3.63, 3.8) is 0 Å². The van der Waals surface area contributed by atoms with Crippen molar-refractivity contribution in [3.8, 4) is 0 Å². The van der Waals surface area contributed by atoms with Crippen LogP contribution in [0.2, 0.25) is 0 Å². The van der Waals surface area contributed by atoms with E-state index in [0.717, 1.165) is 9.37 Å². The van der Waals surface area contributed by atoms with Crippen molar-refractivity contribution in [2.75, 3.05) is 11.1 Å². The molecule has 3 N–H and O–H groups in total. The number of carbonyl (C=O) groups excluding carboxylic acids is 2. The van der Waals surface area contributed by atoms with E-state index in [1.165, 1.54) is 11.8 Å². The van der Waals surface area contributed by atoms with E-state index >= 15 is 0 Å². The molecule has 0 fully saturated rings. The molecule has 0 unspecified atom stereocenters. The zero-order valence-corrected chi connectivity index (χ0v) is 14.3. The lowest BCUT2D eigenvalue weighted by Crippen LogP contribution is -2.17. The summed E-state index contributed by atoms with van der Waals surface area (Å²) in [6, 6.07) is 12.8. The first kappa shape index (κ1) is 16.6. The Balaban J connectivity index is 1.99. The van der Waals surface area contributed by atoms with Gasteiger partial charge in [-0.15, -0.1) is 11.8 Å². The molecule has 2 amide bonds. The van der Waals surface area contributed by atoms with Gasteiger partial charge in [-0.25, -0.2) is 0 Å². The second-order valence-corrected chi connectivity index (χ2v) is 6.60. The zero-order valence-electron chi connectivity index (χ0n) is 11.9. The van der Waals surface area contributed by atoms with E-state index in [4.69, 9.17) is 5.73 Å². The first-order valence-corrected chi connectivity index (χ1v) is 8.33. The van der Waals surface area contributed by atoms with Gasteiger partial charge in [0.1, 0.15) is 0 Å². The summed E-state index contributed by atoms with van der Waals surface area (Å²) in [5.74, 6) is -0.336. The Morgan fingerprint density at radius 1 is 1.18 bits per heavy atom. The topological polar surface area (TPSA) is 72.2 Å². The summed E-state index contributed by atoms with van der Waals surface area (Å²) in [6.07, 6.45) is 0. The number of amides is 2. The number of hydrogen-bond donors (Lipinski definition) is 2. The number of primary amides is 1. The summed E-state index contributed by atoms with van der Waals surface area (Å²) in [5.41, 5.74) is 7.00. The second kappa shape index (κ2) is 7.47. The van der Waals surface area contributed by atoms with Crippen LogP contribution in [0.25, 0.3) is 0 Å². The highest BCUT2D eigenvalue weighted by Crippen LogP contribution is 2.22. The van der Waals surface area contributed by atoms with Gasteiger partial charge in [0.25, 0.3) is 0 Å². The van der Waals surface area contributed by atoms with Gasteiger partial charge in [-0.05, 0) is 48.9 Å². The van der Waals surface area contributed by atoms with Crippen LogP contribution in [0, 0.1) is 6.92 Å². The Hall–Kier alpha value is -1.79. The molecule has 22 heavy (non-hydrogen) atoms. The first-order chi connectivity index (χ1) is 10.5. The minimum atomic E-state index is -0.502. The average molecular weight is 379 g/mol. The van der Waals surface area contributed by atoms with Gasteiger partial charge in [-0.1, -0.05) is 22.0 Å². The van der Waals surface area contributed by atoms with Gasteiger partial charge in [0.15, 0.2) is 0 Å². The summed E-state index contributed by atoms with van der Waals surface area (Å²) < 4.78 is 1.00. The van der Waals surface area contributed by atoms with E-state index in [1.807, 2.05) is 24.3 Å². The van der Waals surface area contributed by atoms with Gasteiger partial charge in [0.05, 0.1) is 5.75 Å². The van der Waals surface area contributed by atoms with Crippen LogP contribution >= 0.6 is 27.7 Å². The molecule has 6 heteroatoms. The van der Waals surface area contributed by atoms with Crippen molar-refractivity contribution in [3.05, 3.63) is 58.1 Å². The zero-order chi connectivity index (χ0) is 16.1. The monoisotopic (exact) mass is 378 g/mol. The molecular weight excluding hydrogens is 364 g/mol. The van der Waals surface area contributed by atoms with Crippen LogP contribution in [-0.2, 0) is 4.79 Å². The predicted octanol–water partition coefficient (Wildman–Crippen LogP) is 3.59. The molecule has 0 aromatic heterocycles. The fourth-order valence-electron chi connectivity index (χ4n) is 1.90. The lowest BCUT2D eigenvalue weighted by atomic mass is 10.1. The minimum Gasteiger partial charge on any atom is -0.366 e. The third kappa shape index (κ3) is 4.35. The molecule has 114 valence electrons. The molecule has 0 radical (unpaired) electrons. The van der Waals surface area contributed by atoms with Crippen LogP contribution in [0.15, 0.2) is 51.8 Å². The molecule has 0 bridgehead atoms. The summed E-state index contributed by atoms with van der Waals surface area (Å²) in [7, 11) is 0. The molecule has 0 saturated heterocycles. The summed E-state index contributed by atoms with van der Waals surface area (Å²) in [5, 5.41) is 2.81. The Labute approximate surface area is 141 Å². The maximum absolute atomic E-state index is 12.0.